The maximum absolute atomic E-state index is 10.9. The van der Waals surface area contributed by atoms with Crippen molar-refractivity contribution in [3.8, 4) is 0 Å². The van der Waals surface area contributed by atoms with Gasteiger partial charge in [-0.05, 0) is 39.2 Å². The number of hydrogen-bond acceptors (Lipinski definition) is 3. The van der Waals surface area contributed by atoms with Crippen molar-refractivity contribution in [2.24, 2.45) is 5.73 Å². The minimum absolute atomic E-state index is 0.198. The first-order chi connectivity index (χ1) is 7.31. The third-order valence-corrected chi connectivity index (χ3v) is 2.60. The number of aryl methyl sites for hydroxylation is 1. The normalized spacial score (nSPS) is 11.5. The Hall–Kier alpha value is -1.42. The van der Waals surface area contributed by atoms with E-state index in [0.29, 0.717) is 6.42 Å². The van der Waals surface area contributed by atoms with Gasteiger partial charge in [0, 0.05) is 17.2 Å². The van der Waals surface area contributed by atoms with Gasteiger partial charge in [-0.15, -0.1) is 0 Å². The first kappa shape index (κ1) is 12.6. The molecule has 0 saturated heterocycles. The molecule has 0 unspecified atom stereocenters. The van der Waals surface area contributed by atoms with Crippen molar-refractivity contribution in [3.63, 3.8) is 0 Å². The number of nitro groups is 1. The lowest BCUT2D eigenvalue weighted by molar-refractivity contribution is -0.385. The fourth-order valence-electron chi connectivity index (χ4n) is 1.63. The molecule has 0 aliphatic heterocycles. The summed E-state index contributed by atoms with van der Waals surface area (Å²) in [6.45, 7) is 5.75. The molecule has 0 aliphatic carbocycles. The van der Waals surface area contributed by atoms with Crippen LogP contribution in [0.15, 0.2) is 18.2 Å². The van der Waals surface area contributed by atoms with Crippen molar-refractivity contribution >= 4 is 5.69 Å². The smallest absolute Gasteiger partial charge is 0.272 e. The molecule has 0 aliphatic rings. The molecule has 0 atom stereocenters. The SMILES string of the molecule is Cc1cccc([N+](=O)[O-])c1CCC(C)(C)N. The van der Waals surface area contributed by atoms with Crippen molar-refractivity contribution in [1.29, 1.82) is 0 Å². The van der Waals surface area contributed by atoms with Crippen molar-refractivity contribution in [2.75, 3.05) is 0 Å². The second-order valence-electron chi connectivity index (χ2n) is 4.82. The molecular formula is C12H18N2O2. The largest absolute Gasteiger partial charge is 0.326 e. The van der Waals surface area contributed by atoms with Crippen molar-refractivity contribution in [2.45, 2.75) is 39.2 Å². The standard InChI is InChI=1S/C12H18N2O2/c1-9-5-4-6-11(14(15)16)10(9)7-8-12(2,3)13/h4-6H,7-8,13H2,1-3H3. The van der Waals surface area contributed by atoms with E-state index < -0.39 is 0 Å². The van der Waals surface area contributed by atoms with Gasteiger partial charge in [0.05, 0.1) is 4.92 Å². The van der Waals surface area contributed by atoms with Gasteiger partial charge in [-0.2, -0.15) is 0 Å². The zero-order valence-electron chi connectivity index (χ0n) is 9.99. The van der Waals surface area contributed by atoms with E-state index >= 15 is 0 Å². The van der Waals surface area contributed by atoms with Gasteiger partial charge < -0.3 is 5.73 Å². The third-order valence-electron chi connectivity index (χ3n) is 2.60. The van der Waals surface area contributed by atoms with Gasteiger partial charge in [0.15, 0.2) is 0 Å². The fraction of sp³-hybridized carbons (Fsp3) is 0.500. The van der Waals surface area contributed by atoms with Crippen LogP contribution < -0.4 is 5.73 Å². The molecule has 1 aromatic carbocycles. The summed E-state index contributed by atoms with van der Waals surface area (Å²) in [6.07, 6.45) is 1.38. The monoisotopic (exact) mass is 222 g/mol. The van der Waals surface area contributed by atoms with Crippen LogP contribution in [0, 0.1) is 17.0 Å². The molecule has 1 aromatic rings. The van der Waals surface area contributed by atoms with E-state index in [1.807, 2.05) is 26.8 Å². The number of benzene rings is 1. The Bertz CT molecular complexity index is 394. The van der Waals surface area contributed by atoms with Gasteiger partial charge in [0.1, 0.15) is 0 Å². The van der Waals surface area contributed by atoms with Crippen LogP contribution in [0.3, 0.4) is 0 Å². The second kappa shape index (κ2) is 4.61. The van der Waals surface area contributed by atoms with Gasteiger partial charge in [-0.3, -0.25) is 10.1 Å². The minimum atomic E-state index is -0.328. The lowest BCUT2D eigenvalue weighted by Crippen LogP contribution is -2.32. The number of hydrogen-bond donors (Lipinski definition) is 1. The predicted octanol–water partition coefficient (Wildman–Crippen LogP) is 2.57. The van der Waals surface area contributed by atoms with Crippen LogP contribution in [0.4, 0.5) is 5.69 Å². The maximum Gasteiger partial charge on any atom is 0.272 e. The van der Waals surface area contributed by atoms with E-state index in [9.17, 15) is 10.1 Å². The zero-order valence-corrected chi connectivity index (χ0v) is 9.99. The Kier molecular flexibility index (Phi) is 3.65. The van der Waals surface area contributed by atoms with Gasteiger partial charge >= 0.3 is 0 Å². The molecule has 0 heterocycles. The van der Waals surface area contributed by atoms with Gasteiger partial charge in [0.2, 0.25) is 0 Å². The lowest BCUT2D eigenvalue weighted by atomic mass is 9.93. The summed E-state index contributed by atoms with van der Waals surface area (Å²) >= 11 is 0. The lowest BCUT2D eigenvalue weighted by Gasteiger charge is -2.18. The highest BCUT2D eigenvalue weighted by Gasteiger charge is 2.18. The molecule has 16 heavy (non-hydrogen) atoms. The highest BCUT2D eigenvalue weighted by atomic mass is 16.6. The maximum atomic E-state index is 10.9. The highest BCUT2D eigenvalue weighted by molar-refractivity contribution is 5.45. The van der Waals surface area contributed by atoms with Crippen LogP contribution >= 0.6 is 0 Å². The average Bonchev–Trinajstić information content (AvgIpc) is 2.13. The quantitative estimate of drug-likeness (QED) is 0.628. The molecule has 4 heteroatoms. The van der Waals surface area contributed by atoms with Crippen LogP contribution in [-0.2, 0) is 6.42 Å². The van der Waals surface area contributed by atoms with E-state index in [1.54, 1.807) is 12.1 Å². The van der Waals surface area contributed by atoms with Gasteiger partial charge in [-0.25, -0.2) is 0 Å². The van der Waals surface area contributed by atoms with Crippen LogP contribution in [-0.4, -0.2) is 10.5 Å². The van der Waals surface area contributed by atoms with Crippen molar-refractivity contribution in [3.05, 3.63) is 39.4 Å². The van der Waals surface area contributed by atoms with Crippen molar-refractivity contribution in [1.82, 2.24) is 0 Å². The molecule has 0 saturated carbocycles. The number of rotatable bonds is 4. The summed E-state index contributed by atoms with van der Waals surface area (Å²) in [5.41, 5.74) is 7.55. The van der Waals surface area contributed by atoms with Crippen LogP contribution in [0.25, 0.3) is 0 Å². The van der Waals surface area contributed by atoms with Crippen LogP contribution in [0.5, 0.6) is 0 Å². The molecule has 0 spiro atoms. The Morgan fingerprint density at radius 2 is 2.06 bits per heavy atom. The molecular weight excluding hydrogens is 204 g/mol. The Morgan fingerprint density at radius 1 is 1.44 bits per heavy atom. The second-order valence-corrected chi connectivity index (χ2v) is 4.82. The topological polar surface area (TPSA) is 69.2 Å². The molecule has 2 N–H and O–H groups in total. The molecule has 0 fully saturated rings. The number of nitrogens with two attached hydrogens (primary N) is 1. The molecule has 1 rings (SSSR count). The summed E-state index contributed by atoms with van der Waals surface area (Å²) < 4.78 is 0. The minimum Gasteiger partial charge on any atom is -0.326 e. The number of nitrogens with zero attached hydrogens (tertiary/aromatic N) is 1. The van der Waals surface area contributed by atoms with E-state index in [2.05, 4.69) is 0 Å². The summed E-state index contributed by atoms with van der Waals surface area (Å²) in [6, 6.07) is 5.16. The molecule has 88 valence electrons. The molecule has 0 aromatic heterocycles. The van der Waals surface area contributed by atoms with E-state index in [1.165, 1.54) is 0 Å². The Balaban J connectivity index is 2.98. The zero-order chi connectivity index (χ0) is 12.3. The first-order valence-electron chi connectivity index (χ1n) is 5.33. The predicted molar refractivity (Wildman–Crippen MR) is 64.4 cm³/mol. The molecule has 0 amide bonds. The van der Waals surface area contributed by atoms with E-state index in [4.69, 9.17) is 5.73 Å². The van der Waals surface area contributed by atoms with Gasteiger partial charge in [0.25, 0.3) is 5.69 Å². The average molecular weight is 222 g/mol. The van der Waals surface area contributed by atoms with Crippen LogP contribution in [0.1, 0.15) is 31.4 Å². The van der Waals surface area contributed by atoms with E-state index in [0.717, 1.165) is 17.5 Å². The Morgan fingerprint density at radius 3 is 2.56 bits per heavy atom. The van der Waals surface area contributed by atoms with Crippen LogP contribution in [0.2, 0.25) is 0 Å². The third kappa shape index (κ3) is 3.31. The molecule has 0 radical (unpaired) electrons. The summed E-state index contributed by atoms with van der Waals surface area (Å²) in [5.74, 6) is 0. The fourth-order valence-corrected chi connectivity index (χ4v) is 1.63. The summed E-state index contributed by atoms with van der Waals surface area (Å²) in [5, 5.41) is 10.9. The first-order valence-corrected chi connectivity index (χ1v) is 5.33. The summed E-state index contributed by atoms with van der Waals surface area (Å²) in [7, 11) is 0. The molecule has 4 nitrogen and oxygen atoms in total. The van der Waals surface area contributed by atoms with Gasteiger partial charge in [-0.1, -0.05) is 12.1 Å². The Labute approximate surface area is 95.6 Å². The summed E-state index contributed by atoms with van der Waals surface area (Å²) in [4.78, 5) is 10.5. The van der Waals surface area contributed by atoms with E-state index in [-0.39, 0.29) is 16.1 Å². The van der Waals surface area contributed by atoms with Crippen molar-refractivity contribution < 1.29 is 4.92 Å². The number of nitro benzene ring substituents is 1. The molecule has 0 bridgehead atoms. The highest BCUT2D eigenvalue weighted by Crippen LogP contribution is 2.24.